The van der Waals surface area contributed by atoms with E-state index < -0.39 is 5.82 Å². The predicted molar refractivity (Wildman–Crippen MR) is 62.5 cm³/mol. The summed E-state index contributed by atoms with van der Waals surface area (Å²) in [5.41, 5.74) is -0.0265. The first-order valence-electron chi connectivity index (χ1n) is 4.99. The number of halogens is 2. The SMILES string of the molecule is N#Cc1ccc(OCc2nccc(Cl)n2)cc1F. The number of rotatable bonds is 3. The van der Waals surface area contributed by atoms with Crippen molar-refractivity contribution in [2.75, 3.05) is 0 Å². The number of benzene rings is 1. The zero-order valence-electron chi connectivity index (χ0n) is 9.10. The molecule has 0 aliphatic carbocycles. The fourth-order valence-corrected chi connectivity index (χ4v) is 1.42. The van der Waals surface area contributed by atoms with Crippen LogP contribution in [-0.4, -0.2) is 9.97 Å². The summed E-state index contributed by atoms with van der Waals surface area (Å²) in [7, 11) is 0. The van der Waals surface area contributed by atoms with Crippen molar-refractivity contribution < 1.29 is 9.13 Å². The average Bonchev–Trinajstić information content (AvgIpc) is 2.37. The van der Waals surface area contributed by atoms with E-state index in [2.05, 4.69) is 9.97 Å². The molecule has 1 aromatic carbocycles. The Morgan fingerprint density at radius 2 is 2.22 bits per heavy atom. The van der Waals surface area contributed by atoms with E-state index in [1.165, 1.54) is 18.3 Å². The van der Waals surface area contributed by atoms with Gasteiger partial charge in [0.1, 0.15) is 29.4 Å². The Labute approximate surface area is 108 Å². The van der Waals surface area contributed by atoms with Gasteiger partial charge in [0.05, 0.1) is 5.56 Å². The van der Waals surface area contributed by atoms with Gasteiger partial charge in [-0.1, -0.05) is 11.6 Å². The molecule has 0 bridgehead atoms. The van der Waals surface area contributed by atoms with E-state index in [-0.39, 0.29) is 12.2 Å². The first-order chi connectivity index (χ1) is 8.69. The Hall–Kier alpha value is -2.19. The van der Waals surface area contributed by atoms with Crippen LogP contribution in [0.15, 0.2) is 30.5 Å². The van der Waals surface area contributed by atoms with Crippen LogP contribution in [0.5, 0.6) is 5.75 Å². The molecule has 0 saturated carbocycles. The summed E-state index contributed by atoms with van der Waals surface area (Å²) in [6, 6.07) is 7.28. The normalized spacial score (nSPS) is 9.83. The maximum absolute atomic E-state index is 13.3. The van der Waals surface area contributed by atoms with Crippen molar-refractivity contribution in [3.05, 3.63) is 52.8 Å². The molecule has 90 valence electrons. The van der Waals surface area contributed by atoms with Crippen LogP contribution in [0.3, 0.4) is 0 Å². The molecule has 2 rings (SSSR count). The minimum Gasteiger partial charge on any atom is -0.486 e. The molecule has 2 aromatic rings. The molecule has 0 aliphatic rings. The number of aromatic nitrogens is 2. The highest BCUT2D eigenvalue weighted by molar-refractivity contribution is 6.29. The summed E-state index contributed by atoms with van der Waals surface area (Å²) in [6.07, 6.45) is 1.51. The molecule has 0 N–H and O–H groups in total. The lowest BCUT2D eigenvalue weighted by molar-refractivity contribution is 0.294. The Bertz CT molecular complexity index is 613. The van der Waals surface area contributed by atoms with Gasteiger partial charge < -0.3 is 4.74 Å². The molecule has 0 unspecified atom stereocenters. The predicted octanol–water partition coefficient (Wildman–Crippen LogP) is 2.72. The lowest BCUT2D eigenvalue weighted by atomic mass is 10.2. The van der Waals surface area contributed by atoms with Gasteiger partial charge in [-0.05, 0) is 18.2 Å². The summed E-state index contributed by atoms with van der Waals surface area (Å²) in [6.45, 7) is 0.0753. The molecule has 0 radical (unpaired) electrons. The third-order valence-corrected chi connectivity index (χ3v) is 2.31. The number of nitriles is 1. The number of hydrogen-bond acceptors (Lipinski definition) is 4. The molecule has 0 fully saturated rings. The molecule has 18 heavy (non-hydrogen) atoms. The first-order valence-corrected chi connectivity index (χ1v) is 5.36. The molecule has 0 saturated heterocycles. The molecule has 4 nitrogen and oxygen atoms in total. The van der Waals surface area contributed by atoms with Crippen LogP contribution >= 0.6 is 11.6 Å². The molecule has 0 atom stereocenters. The van der Waals surface area contributed by atoms with Crippen molar-refractivity contribution in [3.8, 4) is 11.8 Å². The summed E-state index contributed by atoms with van der Waals surface area (Å²) in [4.78, 5) is 7.87. The quantitative estimate of drug-likeness (QED) is 0.799. The van der Waals surface area contributed by atoms with Gasteiger partial charge in [0, 0.05) is 12.3 Å². The van der Waals surface area contributed by atoms with Crippen LogP contribution < -0.4 is 4.74 Å². The second kappa shape index (κ2) is 5.43. The number of ether oxygens (including phenoxy) is 1. The van der Waals surface area contributed by atoms with E-state index in [9.17, 15) is 4.39 Å². The van der Waals surface area contributed by atoms with Gasteiger partial charge in [-0.15, -0.1) is 0 Å². The van der Waals surface area contributed by atoms with Crippen molar-refractivity contribution in [1.82, 2.24) is 9.97 Å². The molecule has 1 aromatic heterocycles. The van der Waals surface area contributed by atoms with Crippen molar-refractivity contribution >= 4 is 11.6 Å². The highest BCUT2D eigenvalue weighted by atomic mass is 35.5. The van der Waals surface area contributed by atoms with Gasteiger partial charge in [-0.25, -0.2) is 14.4 Å². The summed E-state index contributed by atoms with van der Waals surface area (Å²) in [5, 5.41) is 8.90. The van der Waals surface area contributed by atoms with Crippen molar-refractivity contribution in [2.45, 2.75) is 6.61 Å². The average molecular weight is 264 g/mol. The van der Waals surface area contributed by atoms with Gasteiger partial charge in [0.25, 0.3) is 0 Å². The lowest BCUT2D eigenvalue weighted by Crippen LogP contribution is -2.01. The molecular formula is C12H7ClFN3O. The van der Waals surface area contributed by atoms with Gasteiger partial charge in [-0.3, -0.25) is 0 Å². The monoisotopic (exact) mass is 263 g/mol. The first kappa shape index (κ1) is 12.3. The van der Waals surface area contributed by atoms with Gasteiger partial charge in [0.15, 0.2) is 5.82 Å². The number of nitrogens with zero attached hydrogens (tertiary/aromatic N) is 3. The topological polar surface area (TPSA) is 58.8 Å². The largest absolute Gasteiger partial charge is 0.486 e. The van der Waals surface area contributed by atoms with Crippen LogP contribution in [0.1, 0.15) is 11.4 Å². The van der Waals surface area contributed by atoms with E-state index >= 15 is 0 Å². The van der Waals surface area contributed by atoms with E-state index in [0.717, 1.165) is 6.07 Å². The van der Waals surface area contributed by atoms with Crippen molar-refractivity contribution in [3.63, 3.8) is 0 Å². The third kappa shape index (κ3) is 2.93. The molecule has 1 heterocycles. The van der Waals surface area contributed by atoms with E-state index in [1.54, 1.807) is 12.1 Å². The zero-order chi connectivity index (χ0) is 13.0. The highest BCUT2D eigenvalue weighted by Gasteiger charge is 2.04. The fraction of sp³-hybridized carbons (Fsp3) is 0.0833. The van der Waals surface area contributed by atoms with Gasteiger partial charge >= 0.3 is 0 Å². The summed E-state index contributed by atoms with van der Waals surface area (Å²) < 4.78 is 18.6. The minimum atomic E-state index is -0.623. The van der Waals surface area contributed by atoms with E-state index in [4.69, 9.17) is 21.6 Å². The third-order valence-electron chi connectivity index (χ3n) is 2.10. The maximum Gasteiger partial charge on any atom is 0.167 e. The second-order valence-electron chi connectivity index (χ2n) is 3.34. The fourth-order valence-electron chi connectivity index (χ4n) is 1.27. The van der Waals surface area contributed by atoms with Crippen molar-refractivity contribution in [2.24, 2.45) is 0 Å². The van der Waals surface area contributed by atoms with Crippen LogP contribution in [0.25, 0.3) is 0 Å². The summed E-state index contributed by atoms with van der Waals surface area (Å²) >= 11 is 5.69. The highest BCUT2D eigenvalue weighted by Crippen LogP contribution is 2.17. The molecular weight excluding hydrogens is 257 g/mol. The van der Waals surface area contributed by atoms with Crippen LogP contribution in [-0.2, 0) is 6.61 Å². The Morgan fingerprint density at radius 3 is 2.89 bits per heavy atom. The van der Waals surface area contributed by atoms with Gasteiger partial charge in [-0.2, -0.15) is 5.26 Å². The molecule has 6 heteroatoms. The molecule has 0 spiro atoms. The minimum absolute atomic E-state index is 0.0265. The number of hydrogen-bond donors (Lipinski definition) is 0. The smallest absolute Gasteiger partial charge is 0.167 e. The van der Waals surface area contributed by atoms with E-state index in [1.807, 2.05) is 0 Å². The van der Waals surface area contributed by atoms with Crippen LogP contribution in [0, 0.1) is 17.1 Å². The second-order valence-corrected chi connectivity index (χ2v) is 3.72. The summed E-state index contributed by atoms with van der Waals surface area (Å²) in [5.74, 6) is 0.0735. The van der Waals surface area contributed by atoms with Gasteiger partial charge in [0.2, 0.25) is 0 Å². The van der Waals surface area contributed by atoms with Crippen molar-refractivity contribution in [1.29, 1.82) is 5.26 Å². The Morgan fingerprint density at radius 1 is 1.39 bits per heavy atom. The maximum atomic E-state index is 13.3. The zero-order valence-corrected chi connectivity index (χ0v) is 9.86. The molecule has 0 amide bonds. The van der Waals surface area contributed by atoms with Crippen LogP contribution in [0.2, 0.25) is 5.15 Å². The Kier molecular flexibility index (Phi) is 3.70. The standard InChI is InChI=1S/C12H7ClFN3O/c13-11-3-4-16-12(17-11)7-18-9-2-1-8(6-15)10(14)5-9/h1-5H,7H2. The van der Waals surface area contributed by atoms with Crippen LogP contribution in [0.4, 0.5) is 4.39 Å². The lowest BCUT2D eigenvalue weighted by Gasteiger charge is -2.05. The molecule has 0 aliphatic heterocycles. The van der Waals surface area contributed by atoms with E-state index in [0.29, 0.717) is 16.7 Å². The Balaban J connectivity index is 2.07.